The van der Waals surface area contributed by atoms with Crippen molar-refractivity contribution in [1.82, 2.24) is 25.0 Å². The van der Waals surface area contributed by atoms with Gasteiger partial charge in [-0.2, -0.15) is 9.78 Å². The molecule has 0 aliphatic carbocycles. The van der Waals surface area contributed by atoms with Crippen LogP contribution in [0.3, 0.4) is 0 Å². The molecule has 1 atom stereocenters. The summed E-state index contributed by atoms with van der Waals surface area (Å²) in [4.78, 5) is 38.2. The van der Waals surface area contributed by atoms with Crippen LogP contribution in [-0.2, 0) is 0 Å². The van der Waals surface area contributed by atoms with E-state index in [1.54, 1.807) is 0 Å². The zero-order valence-electron chi connectivity index (χ0n) is 17.4. The summed E-state index contributed by atoms with van der Waals surface area (Å²) in [5.74, 6) is -0.0525. The van der Waals surface area contributed by atoms with Crippen LogP contribution in [0.4, 0.5) is 0 Å². The van der Waals surface area contributed by atoms with Gasteiger partial charge in [-0.1, -0.05) is 60.5 Å². The summed E-state index contributed by atoms with van der Waals surface area (Å²) >= 11 is 12.7. The van der Waals surface area contributed by atoms with Gasteiger partial charge in [0.15, 0.2) is 5.75 Å². The van der Waals surface area contributed by atoms with Crippen LogP contribution in [0.2, 0.25) is 10.0 Å². The van der Waals surface area contributed by atoms with Crippen LogP contribution in [0, 0.1) is 6.92 Å². The second kappa shape index (κ2) is 9.05. The second-order valence-corrected chi connectivity index (χ2v) is 8.03. The molecule has 0 radical (unpaired) electrons. The molecule has 4 aromatic rings. The van der Waals surface area contributed by atoms with E-state index in [1.807, 2.05) is 37.3 Å². The molecule has 0 amide bonds. The van der Waals surface area contributed by atoms with Gasteiger partial charge in [0.25, 0.3) is 11.1 Å². The normalized spacial score (nSPS) is 11.9. The highest BCUT2D eigenvalue weighted by Crippen LogP contribution is 2.37. The minimum Gasteiger partial charge on any atom is -0.434 e. The molecule has 9 nitrogen and oxygen atoms in total. The van der Waals surface area contributed by atoms with Gasteiger partial charge >= 0.3 is 5.69 Å². The van der Waals surface area contributed by atoms with Crippen LogP contribution in [-0.4, -0.2) is 25.0 Å². The van der Waals surface area contributed by atoms with E-state index < -0.39 is 11.2 Å². The number of benzene rings is 2. The Balaban J connectivity index is 1.69. The summed E-state index contributed by atoms with van der Waals surface area (Å²) in [6.07, 6.45) is 0. The van der Waals surface area contributed by atoms with Crippen LogP contribution in [0.15, 0.2) is 62.9 Å². The summed E-state index contributed by atoms with van der Waals surface area (Å²) in [7, 11) is 0. The summed E-state index contributed by atoms with van der Waals surface area (Å²) in [6, 6.07) is 13.9. The average molecular weight is 486 g/mol. The highest BCUT2D eigenvalue weighted by atomic mass is 35.5. The minimum atomic E-state index is -0.742. The fraction of sp³-hybridized carbons (Fsp3) is 0.136. The van der Waals surface area contributed by atoms with Crippen molar-refractivity contribution in [2.75, 3.05) is 0 Å². The van der Waals surface area contributed by atoms with Crippen LogP contribution in [0.25, 0.3) is 5.69 Å². The molecule has 2 N–H and O–H groups in total. The number of hydrogen-bond donors (Lipinski definition) is 2. The van der Waals surface area contributed by atoms with Crippen molar-refractivity contribution in [2.24, 2.45) is 0 Å². The predicted octanol–water partition coefficient (Wildman–Crippen LogP) is 3.56. The van der Waals surface area contributed by atoms with Crippen molar-refractivity contribution in [3.8, 4) is 17.3 Å². The maximum atomic E-state index is 12.4. The highest BCUT2D eigenvalue weighted by molar-refractivity contribution is 6.37. The van der Waals surface area contributed by atoms with E-state index >= 15 is 0 Å². The fourth-order valence-corrected chi connectivity index (χ4v) is 3.78. The third-order valence-corrected chi connectivity index (χ3v) is 5.56. The number of nitrogens with zero attached hydrogens (tertiary/aromatic N) is 3. The molecule has 33 heavy (non-hydrogen) atoms. The standard InChI is InChI=1S/C22H17Cl2N5O4/c1-11(13-6-4-3-5-7-13)15-10-18(26-27-21(15)31)33-19-16(23)8-14(9-17(19)24)29-22(32)25-20(30)12(2)28-29/h3-11H,1-2H3,(H,27,31)(H,25,30,32)/t11-/m1/s1. The first-order valence-electron chi connectivity index (χ1n) is 9.76. The largest absolute Gasteiger partial charge is 0.434 e. The number of rotatable bonds is 5. The quantitative estimate of drug-likeness (QED) is 0.445. The molecule has 2 aromatic heterocycles. The van der Waals surface area contributed by atoms with Gasteiger partial charge in [-0.15, -0.1) is 5.10 Å². The molecule has 0 unspecified atom stereocenters. The number of H-pyrrole nitrogens is 2. The molecule has 2 heterocycles. The van der Waals surface area contributed by atoms with Crippen molar-refractivity contribution in [3.63, 3.8) is 0 Å². The van der Waals surface area contributed by atoms with E-state index in [1.165, 1.54) is 25.1 Å². The van der Waals surface area contributed by atoms with E-state index in [0.29, 0.717) is 5.56 Å². The number of halogens is 2. The SMILES string of the molecule is Cc1nn(-c2cc(Cl)c(Oc3cc([C@H](C)c4ccccc4)c(=O)[nH]n3)c(Cl)c2)c(=O)[nH]c1=O. The zero-order valence-corrected chi connectivity index (χ0v) is 18.9. The van der Waals surface area contributed by atoms with Gasteiger partial charge in [-0.3, -0.25) is 14.6 Å². The Kier molecular flexibility index (Phi) is 6.17. The molecule has 0 aliphatic heterocycles. The Morgan fingerprint density at radius 1 is 1.00 bits per heavy atom. The summed E-state index contributed by atoms with van der Waals surface area (Å²) < 4.78 is 6.74. The summed E-state index contributed by atoms with van der Waals surface area (Å²) in [5, 5.41) is 10.5. The van der Waals surface area contributed by atoms with Gasteiger partial charge in [0.05, 0.1) is 15.7 Å². The third-order valence-electron chi connectivity index (χ3n) is 5.00. The zero-order chi connectivity index (χ0) is 23.7. The maximum Gasteiger partial charge on any atom is 0.349 e. The van der Waals surface area contributed by atoms with E-state index in [2.05, 4.69) is 20.3 Å². The monoisotopic (exact) mass is 485 g/mol. The lowest BCUT2D eigenvalue weighted by Gasteiger charge is -2.14. The lowest BCUT2D eigenvalue weighted by Crippen LogP contribution is -2.32. The van der Waals surface area contributed by atoms with Crippen molar-refractivity contribution in [2.45, 2.75) is 19.8 Å². The molecule has 4 rings (SSSR count). The molecule has 2 aromatic carbocycles. The minimum absolute atomic E-state index is 0.0701. The molecule has 0 fully saturated rings. The maximum absolute atomic E-state index is 12.4. The van der Waals surface area contributed by atoms with Gasteiger partial charge in [0.1, 0.15) is 5.69 Å². The number of hydrogen-bond acceptors (Lipinski definition) is 6. The molecular weight excluding hydrogens is 469 g/mol. The highest BCUT2D eigenvalue weighted by Gasteiger charge is 2.18. The molecule has 168 valence electrons. The van der Waals surface area contributed by atoms with Gasteiger partial charge in [-0.25, -0.2) is 9.89 Å². The smallest absolute Gasteiger partial charge is 0.349 e. The fourth-order valence-electron chi connectivity index (χ4n) is 3.22. The van der Waals surface area contributed by atoms with Crippen LogP contribution in [0.5, 0.6) is 11.6 Å². The molecule has 0 spiro atoms. The summed E-state index contributed by atoms with van der Waals surface area (Å²) in [6.45, 7) is 3.36. The van der Waals surface area contributed by atoms with Gasteiger partial charge in [-0.05, 0) is 24.6 Å². The number of ether oxygens (including phenoxy) is 1. The predicted molar refractivity (Wildman–Crippen MR) is 124 cm³/mol. The van der Waals surface area contributed by atoms with Crippen LogP contribution < -0.4 is 21.5 Å². The van der Waals surface area contributed by atoms with E-state index in [-0.39, 0.29) is 44.5 Å². The lowest BCUT2D eigenvalue weighted by atomic mass is 9.95. The molecule has 11 heteroatoms. The van der Waals surface area contributed by atoms with Crippen molar-refractivity contribution in [3.05, 3.63) is 107 Å². The Labute approximate surface area is 196 Å². The molecule has 0 saturated carbocycles. The van der Waals surface area contributed by atoms with Gasteiger partial charge in [0.2, 0.25) is 5.88 Å². The number of aryl methyl sites for hydroxylation is 1. The first-order chi connectivity index (χ1) is 15.7. The topological polar surface area (TPSA) is 123 Å². The Morgan fingerprint density at radius 2 is 1.67 bits per heavy atom. The third kappa shape index (κ3) is 4.59. The van der Waals surface area contributed by atoms with Crippen LogP contribution in [0.1, 0.15) is 29.7 Å². The van der Waals surface area contributed by atoms with E-state index in [4.69, 9.17) is 27.9 Å². The van der Waals surface area contributed by atoms with Crippen molar-refractivity contribution < 1.29 is 4.74 Å². The molecule has 0 bridgehead atoms. The number of nitrogens with one attached hydrogen (secondary N) is 2. The number of aromatic nitrogens is 5. The Hall–Kier alpha value is -3.69. The number of aromatic amines is 2. The Bertz CT molecular complexity index is 1490. The molecule has 0 saturated heterocycles. The molecule has 0 aliphatic rings. The lowest BCUT2D eigenvalue weighted by molar-refractivity contribution is 0.453. The van der Waals surface area contributed by atoms with Crippen molar-refractivity contribution in [1.29, 1.82) is 0 Å². The second-order valence-electron chi connectivity index (χ2n) is 7.22. The average Bonchev–Trinajstić information content (AvgIpc) is 2.79. The van der Waals surface area contributed by atoms with Gasteiger partial charge < -0.3 is 4.74 Å². The molecular formula is C22H17Cl2N5O4. The summed E-state index contributed by atoms with van der Waals surface area (Å²) in [5.41, 5.74) is 0.0647. The first kappa shape index (κ1) is 22.5. The van der Waals surface area contributed by atoms with E-state index in [0.717, 1.165) is 10.2 Å². The first-order valence-corrected chi connectivity index (χ1v) is 10.5. The van der Waals surface area contributed by atoms with Crippen LogP contribution >= 0.6 is 23.2 Å². The van der Waals surface area contributed by atoms with Gasteiger partial charge in [0, 0.05) is 17.5 Å². The van der Waals surface area contributed by atoms with Crippen molar-refractivity contribution >= 4 is 23.2 Å². The Morgan fingerprint density at radius 3 is 2.33 bits per heavy atom. The van der Waals surface area contributed by atoms with E-state index in [9.17, 15) is 14.4 Å².